The van der Waals surface area contributed by atoms with Crippen LogP contribution in [-0.4, -0.2) is 30.9 Å². The van der Waals surface area contributed by atoms with Gasteiger partial charge in [0.2, 0.25) is 11.8 Å². The Balaban J connectivity index is 1.51. The summed E-state index contributed by atoms with van der Waals surface area (Å²) in [5.74, 6) is -0.573. The molecule has 4 rings (SSSR count). The van der Waals surface area contributed by atoms with Crippen LogP contribution in [0, 0.1) is 18.8 Å². The molecule has 2 atom stereocenters. The zero-order valence-electron chi connectivity index (χ0n) is 17.0. The second kappa shape index (κ2) is 9.00. The number of ether oxygens (including phenoxy) is 1. The highest BCUT2D eigenvalue weighted by molar-refractivity contribution is 7.10. The number of aryl methyl sites for hydroxylation is 1. The van der Waals surface area contributed by atoms with E-state index in [2.05, 4.69) is 5.32 Å². The molecular formula is C23H26N2O4S. The van der Waals surface area contributed by atoms with Crippen molar-refractivity contribution in [2.75, 3.05) is 18.1 Å². The molecule has 1 saturated heterocycles. The summed E-state index contributed by atoms with van der Waals surface area (Å²) in [6, 6.07) is 11.3. The van der Waals surface area contributed by atoms with Crippen LogP contribution in [0.3, 0.4) is 0 Å². The molecule has 1 saturated carbocycles. The van der Waals surface area contributed by atoms with E-state index in [1.54, 1.807) is 4.90 Å². The summed E-state index contributed by atoms with van der Waals surface area (Å²) in [5.41, 5.74) is 1.89. The highest BCUT2D eigenvalue weighted by atomic mass is 32.1. The average Bonchev–Trinajstić information content (AvgIpc) is 3.42. The standard InChI is InChI=1S/C23H26N2O4S/c1-15-4-8-17(9-5-15)25-20(26)11-10-18(22(25)19-3-2-12-30-19)23(28)24-13-21(27)29-14-16-6-7-16/h2-5,8-9,12,16,18,22H,6-7,10-11,13-14H2,1H3,(H,24,28). The van der Waals surface area contributed by atoms with Gasteiger partial charge in [0, 0.05) is 17.0 Å². The van der Waals surface area contributed by atoms with Crippen molar-refractivity contribution in [2.45, 2.75) is 38.6 Å². The quantitative estimate of drug-likeness (QED) is 0.687. The molecular weight excluding hydrogens is 400 g/mol. The van der Waals surface area contributed by atoms with Crippen molar-refractivity contribution in [3.63, 3.8) is 0 Å². The van der Waals surface area contributed by atoms with Crippen molar-refractivity contribution in [1.29, 1.82) is 0 Å². The minimum absolute atomic E-state index is 0.00476. The Morgan fingerprint density at radius 2 is 1.93 bits per heavy atom. The van der Waals surface area contributed by atoms with Gasteiger partial charge in [-0.15, -0.1) is 11.3 Å². The van der Waals surface area contributed by atoms with Gasteiger partial charge in [0.05, 0.1) is 18.6 Å². The summed E-state index contributed by atoms with van der Waals surface area (Å²) in [6.07, 6.45) is 2.95. The molecule has 7 heteroatoms. The van der Waals surface area contributed by atoms with Crippen LogP contribution < -0.4 is 10.2 Å². The van der Waals surface area contributed by atoms with E-state index < -0.39 is 17.9 Å². The molecule has 2 amide bonds. The molecule has 1 N–H and O–H groups in total. The summed E-state index contributed by atoms with van der Waals surface area (Å²) in [6.45, 7) is 2.29. The van der Waals surface area contributed by atoms with Gasteiger partial charge in [0.25, 0.3) is 0 Å². The van der Waals surface area contributed by atoms with Crippen LogP contribution in [-0.2, 0) is 19.1 Å². The summed E-state index contributed by atoms with van der Waals surface area (Å²) < 4.78 is 5.21. The Kier molecular flexibility index (Phi) is 6.18. The predicted molar refractivity (Wildman–Crippen MR) is 115 cm³/mol. The molecule has 1 aliphatic carbocycles. The smallest absolute Gasteiger partial charge is 0.325 e. The van der Waals surface area contributed by atoms with E-state index in [9.17, 15) is 14.4 Å². The van der Waals surface area contributed by atoms with Crippen LogP contribution in [0.5, 0.6) is 0 Å². The largest absolute Gasteiger partial charge is 0.464 e. The molecule has 2 aromatic rings. The summed E-state index contributed by atoms with van der Waals surface area (Å²) in [7, 11) is 0. The van der Waals surface area contributed by atoms with E-state index >= 15 is 0 Å². The highest BCUT2D eigenvalue weighted by Gasteiger charge is 2.42. The fraction of sp³-hybridized carbons (Fsp3) is 0.435. The first-order valence-corrected chi connectivity index (χ1v) is 11.3. The van der Waals surface area contributed by atoms with Gasteiger partial charge in [-0.25, -0.2) is 0 Å². The van der Waals surface area contributed by atoms with Crippen LogP contribution in [0.2, 0.25) is 0 Å². The Morgan fingerprint density at radius 3 is 2.60 bits per heavy atom. The van der Waals surface area contributed by atoms with Crippen LogP contribution >= 0.6 is 11.3 Å². The molecule has 2 unspecified atom stereocenters. The maximum atomic E-state index is 13.0. The molecule has 30 heavy (non-hydrogen) atoms. The molecule has 1 aromatic carbocycles. The minimum atomic E-state index is -0.432. The van der Waals surface area contributed by atoms with E-state index in [4.69, 9.17) is 4.74 Å². The second-order valence-corrected chi connectivity index (χ2v) is 9.03. The Morgan fingerprint density at radius 1 is 1.17 bits per heavy atom. The third-order valence-corrected chi connectivity index (χ3v) is 6.61. The van der Waals surface area contributed by atoms with Gasteiger partial charge in [-0.2, -0.15) is 0 Å². The number of benzene rings is 1. The SMILES string of the molecule is Cc1ccc(N2C(=O)CCC(C(=O)NCC(=O)OCC3CC3)C2c2cccs2)cc1. The highest BCUT2D eigenvalue weighted by Crippen LogP contribution is 2.41. The molecule has 0 spiro atoms. The number of piperidine rings is 1. The minimum Gasteiger partial charge on any atom is -0.464 e. The summed E-state index contributed by atoms with van der Waals surface area (Å²) in [4.78, 5) is 40.6. The first kappa shape index (κ1) is 20.6. The molecule has 6 nitrogen and oxygen atoms in total. The third-order valence-electron chi connectivity index (χ3n) is 5.66. The molecule has 0 radical (unpaired) electrons. The van der Waals surface area contributed by atoms with Crippen molar-refractivity contribution >= 4 is 34.8 Å². The lowest BCUT2D eigenvalue weighted by Gasteiger charge is -2.40. The third kappa shape index (κ3) is 4.73. The molecule has 1 aliphatic heterocycles. The molecule has 1 aromatic heterocycles. The van der Waals surface area contributed by atoms with Crippen molar-refractivity contribution in [3.8, 4) is 0 Å². The predicted octanol–water partition coefficient (Wildman–Crippen LogP) is 3.61. The number of rotatable bonds is 7. The molecule has 2 heterocycles. The van der Waals surface area contributed by atoms with Gasteiger partial charge in [-0.3, -0.25) is 14.4 Å². The molecule has 0 bridgehead atoms. The van der Waals surface area contributed by atoms with Crippen molar-refractivity contribution < 1.29 is 19.1 Å². The lowest BCUT2D eigenvalue weighted by atomic mass is 9.86. The fourth-order valence-electron chi connectivity index (χ4n) is 3.80. The monoisotopic (exact) mass is 426 g/mol. The number of nitrogens with zero attached hydrogens (tertiary/aromatic N) is 1. The van der Waals surface area contributed by atoms with Crippen LogP contribution in [0.4, 0.5) is 5.69 Å². The van der Waals surface area contributed by atoms with Crippen molar-refractivity contribution in [1.82, 2.24) is 5.32 Å². The van der Waals surface area contributed by atoms with Gasteiger partial charge in [-0.1, -0.05) is 23.8 Å². The number of carbonyl (C=O) groups is 3. The van der Waals surface area contributed by atoms with Crippen molar-refractivity contribution in [3.05, 3.63) is 52.2 Å². The number of nitrogens with one attached hydrogen (secondary N) is 1. The van der Waals surface area contributed by atoms with Gasteiger partial charge in [0.15, 0.2) is 0 Å². The van der Waals surface area contributed by atoms with Gasteiger partial charge in [0.1, 0.15) is 6.54 Å². The average molecular weight is 427 g/mol. The number of carbonyl (C=O) groups excluding carboxylic acids is 3. The first-order valence-electron chi connectivity index (χ1n) is 10.4. The Bertz CT molecular complexity index is 906. The van der Waals surface area contributed by atoms with E-state index in [1.165, 1.54) is 11.3 Å². The number of hydrogen-bond donors (Lipinski definition) is 1. The topological polar surface area (TPSA) is 75.7 Å². The first-order chi connectivity index (χ1) is 14.5. The van der Waals surface area contributed by atoms with Gasteiger partial charge >= 0.3 is 5.97 Å². The number of esters is 1. The van der Waals surface area contributed by atoms with E-state index in [1.807, 2.05) is 48.7 Å². The van der Waals surface area contributed by atoms with E-state index in [-0.39, 0.29) is 18.4 Å². The molecule has 2 aliphatic rings. The maximum Gasteiger partial charge on any atom is 0.325 e. The number of anilines is 1. The lowest BCUT2D eigenvalue weighted by molar-refractivity contribution is -0.145. The Labute approximate surface area is 180 Å². The normalized spacial score (nSPS) is 21.4. The second-order valence-electron chi connectivity index (χ2n) is 8.05. The maximum absolute atomic E-state index is 13.0. The summed E-state index contributed by atoms with van der Waals surface area (Å²) in [5, 5.41) is 4.69. The number of thiophene rings is 1. The molecule has 158 valence electrons. The number of amides is 2. The van der Waals surface area contributed by atoms with Gasteiger partial charge < -0.3 is 15.0 Å². The lowest BCUT2D eigenvalue weighted by Crippen LogP contribution is -2.48. The zero-order chi connectivity index (χ0) is 21.1. The van der Waals surface area contributed by atoms with Crippen molar-refractivity contribution in [2.24, 2.45) is 11.8 Å². The van der Waals surface area contributed by atoms with E-state index in [0.717, 1.165) is 29.0 Å². The Hall–Kier alpha value is -2.67. The van der Waals surface area contributed by atoms with Crippen LogP contribution in [0.1, 0.15) is 42.2 Å². The van der Waals surface area contributed by atoms with Crippen LogP contribution in [0.15, 0.2) is 41.8 Å². The van der Waals surface area contributed by atoms with E-state index in [0.29, 0.717) is 25.4 Å². The summed E-state index contributed by atoms with van der Waals surface area (Å²) >= 11 is 1.53. The number of hydrogen-bond acceptors (Lipinski definition) is 5. The fourth-order valence-corrected chi connectivity index (χ4v) is 4.68. The van der Waals surface area contributed by atoms with Crippen LogP contribution in [0.25, 0.3) is 0 Å². The molecule has 2 fully saturated rings. The zero-order valence-corrected chi connectivity index (χ0v) is 17.8. The van der Waals surface area contributed by atoms with Gasteiger partial charge in [-0.05, 0) is 55.7 Å².